The summed E-state index contributed by atoms with van der Waals surface area (Å²) in [6, 6.07) is 0. The number of rotatable bonds is 73. The lowest BCUT2D eigenvalue weighted by atomic mass is 10.00. The predicted octanol–water partition coefficient (Wildman–Crippen LogP) is 21.8. The van der Waals surface area contributed by atoms with E-state index in [0.29, 0.717) is 25.7 Å². The summed E-state index contributed by atoms with van der Waals surface area (Å²) in [5, 5.41) is 10.6. The summed E-state index contributed by atoms with van der Waals surface area (Å²) in [6.45, 7) is 11.8. The third kappa shape index (κ3) is 67.3. The molecule has 0 rings (SSSR count). The highest BCUT2D eigenvalue weighted by Crippen LogP contribution is 2.45. The minimum Gasteiger partial charge on any atom is -0.462 e. The van der Waals surface area contributed by atoms with Crippen LogP contribution in [0.15, 0.2) is 0 Å². The average molecular weight is 1380 g/mol. The number of aliphatic hydroxyl groups is 1. The highest BCUT2D eigenvalue weighted by atomic mass is 31.2. The standard InChI is InChI=1S/C75H146O17P2/c1-8-10-11-39-49-56-72(77)85-62-70(92-75(80)59-52-45-38-37-42-48-55-68(7)9-2)64-89-93(81,82)87-60-69(76)61-88-94(83,84)90-65-71(63-86-73(78)57-50-43-35-31-27-23-20-16-18-22-26-30-34-41-47-54-67(5)6)91-74(79)58-51-44-36-32-28-24-19-15-13-12-14-17-21-25-29-33-40-46-53-66(3)4/h66-71,76H,8-65H2,1-7H3,(H,81,82)(H,83,84)/t68?,69-,70+,71+/m0/s1. The Kier molecular flexibility index (Phi) is 64.3. The lowest BCUT2D eigenvalue weighted by molar-refractivity contribution is -0.161. The van der Waals surface area contributed by atoms with E-state index in [2.05, 4.69) is 48.5 Å². The van der Waals surface area contributed by atoms with Gasteiger partial charge >= 0.3 is 39.5 Å². The summed E-state index contributed by atoms with van der Waals surface area (Å²) in [4.78, 5) is 72.4. The number of phosphoric acid groups is 2. The molecule has 0 heterocycles. The first-order valence-corrected chi connectivity index (χ1v) is 41.9. The van der Waals surface area contributed by atoms with Crippen LogP contribution in [0.2, 0.25) is 0 Å². The topological polar surface area (TPSA) is 237 Å². The molecule has 3 unspecified atom stereocenters. The molecule has 0 saturated carbocycles. The summed E-state index contributed by atoms with van der Waals surface area (Å²) < 4.78 is 68.2. The van der Waals surface area contributed by atoms with Gasteiger partial charge in [0, 0.05) is 25.7 Å². The van der Waals surface area contributed by atoms with Gasteiger partial charge in [-0.05, 0) is 43.4 Å². The van der Waals surface area contributed by atoms with Gasteiger partial charge in [-0.15, -0.1) is 0 Å². The van der Waals surface area contributed by atoms with Gasteiger partial charge in [0.1, 0.15) is 19.3 Å². The Hall–Kier alpha value is -1.94. The van der Waals surface area contributed by atoms with E-state index in [-0.39, 0.29) is 25.7 Å². The van der Waals surface area contributed by atoms with Gasteiger partial charge in [0.2, 0.25) is 0 Å². The monoisotopic (exact) mass is 1380 g/mol. The summed E-state index contributed by atoms with van der Waals surface area (Å²) in [6.07, 6.45) is 52.0. The van der Waals surface area contributed by atoms with Crippen molar-refractivity contribution in [2.24, 2.45) is 17.8 Å². The Morgan fingerprint density at radius 3 is 0.809 bits per heavy atom. The number of phosphoric ester groups is 2. The summed E-state index contributed by atoms with van der Waals surface area (Å²) in [5.41, 5.74) is 0. The number of esters is 4. The molecule has 0 aromatic carbocycles. The van der Waals surface area contributed by atoms with Crippen LogP contribution in [0, 0.1) is 17.8 Å². The SMILES string of the molecule is CCCCCCCC(=O)OC[C@H](COP(=O)(O)OC[C@H](O)COP(=O)(O)OC[C@@H](COC(=O)CCCCCCCCCCCCCCCCCC(C)C)OC(=O)CCCCCCCCCCCCCCCCCCCCC(C)C)OC(=O)CCCCCCCCC(C)CC. The molecule has 558 valence electrons. The molecule has 0 aliphatic heterocycles. The molecular weight excluding hydrogens is 1230 g/mol. The van der Waals surface area contributed by atoms with E-state index in [0.717, 1.165) is 114 Å². The Morgan fingerprint density at radius 2 is 0.543 bits per heavy atom. The van der Waals surface area contributed by atoms with Crippen molar-refractivity contribution >= 4 is 39.5 Å². The van der Waals surface area contributed by atoms with E-state index in [9.17, 15) is 43.2 Å². The molecule has 0 aromatic heterocycles. The molecule has 3 N–H and O–H groups in total. The largest absolute Gasteiger partial charge is 0.472 e. The molecule has 19 heteroatoms. The van der Waals surface area contributed by atoms with E-state index < -0.39 is 97.5 Å². The average Bonchev–Trinajstić information content (AvgIpc) is 1.71. The van der Waals surface area contributed by atoms with Crippen molar-refractivity contribution in [2.75, 3.05) is 39.6 Å². The number of hydrogen-bond acceptors (Lipinski definition) is 15. The third-order valence-corrected chi connectivity index (χ3v) is 19.6. The van der Waals surface area contributed by atoms with Crippen molar-refractivity contribution in [1.82, 2.24) is 0 Å². The Morgan fingerprint density at radius 1 is 0.309 bits per heavy atom. The first-order valence-electron chi connectivity index (χ1n) is 38.9. The molecular formula is C75H146O17P2. The number of carbonyl (C=O) groups is 4. The normalized spacial score (nSPS) is 14.4. The lowest BCUT2D eigenvalue weighted by Gasteiger charge is -2.21. The maximum atomic E-state index is 13.1. The fourth-order valence-electron chi connectivity index (χ4n) is 11.4. The van der Waals surface area contributed by atoms with Crippen LogP contribution in [-0.4, -0.2) is 96.7 Å². The number of aliphatic hydroxyl groups excluding tert-OH is 1. The van der Waals surface area contributed by atoms with Gasteiger partial charge in [-0.1, -0.05) is 331 Å². The van der Waals surface area contributed by atoms with Crippen molar-refractivity contribution in [3.05, 3.63) is 0 Å². The minimum absolute atomic E-state index is 0.102. The molecule has 94 heavy (non-hydrogen) atoms. The van der Waals surface area contributed by atoms with Crippen LogP contribution in [0.1, 0.15) is 382 Å². The Bertz CT molecular complexity index is 1840. The van der Waals surface area contributed by atoms with Gasteiger partial charge in [0.15, 0.2) is 12.2 Å². The first-order chi connectivity index (χ1) is 45.3. The smallest absolute Gasteiger partial charge is 0.462 e. The fraction of sp³-hybridized carbons (Fsp3) is 0.947. The van der Waals surface area contributed by atoms with Crippen molar-refractivity contribution in [1.29, 1.82) is 0 Å². The fourth-order valence-corrected chi connectivity index (χ4v) is 13.0. The van der Waals surface area contributed by atoms with E-state index in [1.54, 1.807) is 0 Å². The van der Waals surface area contributed by atoms with Crippen molar-refractivity contribution < 1.29 is 80.2 Å². The predicted molar refractivity (Wildman–Crippen MR) is 381 cm³/mol. The van der Waals surface area contributed by atoms with Crippen molar-refractivity contribution in [2.45, 2.75) is 401 Å². The van der Waals surface area contributed by atoms with Gasteiger partial charge in [-0.25, -0.2) is 9.13 Å². The number of ether oxygens (including phenoxy) is 4. The minimum atomic E-state index is -4.96. The van der Waals surface area contributed by atoms with Gasteiger partial charge in [0.05, 0.1) is 26.4 Å². The zero-order chi connectivity index (χ0) is 69.4. The molecule has 0 bridgehead atoms. The molecule has 0 radical (unpaired) electrons. The molecule has 0 spiro atoms. The van der Waals surface area contributed by atoms with Crippen LogP contribution in [-0.2, 0) is 65.4 Å². The van der Waals surface area contributed by atoms with Crippen LogP contribution in [0.25, 0.3) is 0 Å². The van der Waals surface area contributed by atoms with Crippen LogP contribution < -0.4 is 0 Å². The van der Waals surface area contributed by atoms with Gasteiger partial charge in [-0.2, -0.15) is 0 Å². The van der Waals surface area contributed by atoms with E-state index in [1.165, 1.54) is 186 Å². The summed E-state index contributed by atoms with van der Waals surface area (Å²) >= 11 is 0. The van der Waals surface area contributed by atoms with Crippen LogP contribution >= 0.6 is 15.6 Å². The van der Waals surface area contributed by atoms with E-state index in [4.69, 9.17) is 37.0 Å². The van der Waals surface area contributed by atoms with Crippen molar-refractivity contribution in [3.63, 3.8) is 0 Å². The molecule has 0 aromatic rings. The highest BCUT2D eigenvalue weighted by molar-refractivity contribution is 7.47. The molecule has 0 aliphatic carbocycles. The van der Waals surface area contributed by atoms with Gasteiger partial charge < -0.3 is 33.8 Å². The molecule has 17 nitrogen and oxygen atoms in total. The van der Waals surface area contributed by atoms with E-state index in [1.807, 2.05) is 0 Å². The quantitative estimate of drug-likeness (QED) is 0.0222. The molecule has 6 atom stereocenters. The Balaban J connectivity index is 5.12. The zero-order valence-corrected chi connectivity index (χ0v) is 63.2. The van der Waals surface area contributed by atoms with Gasteiger partial charge in [0.25, 0.3) is 0 Å². The van der Waals surface area contributed by atoms with Gasteiger partial charge in [-0.3, -0.25) is 37.3 Å². The third-order valence-electron chi connectivity index (χ3n) is 17.7. The molecule has 0 fully saturated rings. The molecule has 0 saturated heterocycles. The maximum absolute atomic E-state index is 13.1. The molecule has 0 amide bonds. The second kappa shape index (κ2) is 65.7. The maximum Gasteiger partial charge on any atom is 0.472 e. The first kappa shape index (κ1) is 92.1. The van der Waals surface area contributed by atoms with E-state index >= 15 is 0 Å². The highest BCUT2D eigenvalue weighted by Gasteiger charge is 2.30. The lowest BCUT2D eigenvalue weighted by Crippen LogP contribution is -2.30. The number of carbonyl (C=O) groups excluding carboxylic acids is 4. The number of hydrogen-bond donors (Lipinski definition) is 3. The van der Waals surface area contributed by atoms with Crippen molar-refractivity contribution in [3.8, 4) is 0 Å². The zero-order valence-electron chi connectivity index (χ0n) is 61.4. The summed E-state index contributed by atoms with van der Waals surface area (Å²) in [7, 11) is -9.90. The van der Waals surface area contributed by atoms with Crippen LogP contribution in [0.3, 0.4) is 0 Å². The second-order valence-corrected chi connectivity index (χ2v) is 31.1. The Labute approximate surface area is 575 Å². The van der Waals surface area contributed by atoms with Crippen LogP contribution in [0.5, 0.6) is 0 Å². The molecule has 0 aliphatic rings. The van der Waals surface area contributed by atoms with Crippen LogP contribution in [0.4, 0.5) is 0 Å². The number of unbranched alkanes of at least 4 members (excludes halogenated alkanes) is 40. The summed E-state index contributed by atoms with van der Waals surface area (Å²) in [5.74, 6) is 0.213. The second-order valence-electron chi connectivity index (χ2n) is 28.2.